The second-order valence-corrected chi connectivity index (χ2v) is 7.36. The van der Waals surface area contributed by atoms with E-state index in [1.807, 2.05) is 4.90 Å². The second kappa shape index (κ2) is 7.27. The third-order valence-electron chi connectivity index (χ3n) is 5.54. The van der Waals surface area contributed by atoms with Gasteiger partial charge in [-0.05, 0) is 61.3 Å². The number of rotatable bonds is 3. The molecular formula is C21H23F2N3O. The monoisotopic (exact) mass is 371 g/mol. The molecule has 0 aromatic heterocycles. The van der Waals surface area contributed by atoms with Gasteiger partial charge in [-0.2, -0.15) is 0 Å². The maximum absolute atomic E-state index is 14.6. The van der Waals surface area contributed by atoms with Gasteiger partial charge in [0.05, 0.1) is 11.7 Å². The average molecular weight is 371 g/mol. The van der Waals surface area contributed by atoms with E-state index in [-0.39, 0.29) is 23.6 Å². The number of piperazine rings is 1. The van der Waals surface area contributed by atoms with Crippen molar-refractivity contribution in [3.05, 3.63) is 64.7 Å². The third kappa shape index (κ3) is 3.67. The van der Waals surface area contributed by atoms with Crippen molar-refractivity contribution in [2.24, 2.45) is 0 Å². The first-order valence-corrected chi connectivity index (χ1v) is 9.33. The van der Waals surface area contributed by atoms with Crippen LogP contribution < -0.4 is 10.2 Å². The van der Waals surface area contributed by atoms with Gasteiger partial charge in [0.2, 0.25) is 0 Å². The fourth-order valence-corrected chi connectivity index (χ4v) is 3.93. The fourth-order valence-electron chi connectivity index (χ4n) is 3.93. The topological polar surface area (TPSA) is 35.6 Å². The molecule has 1 N–H and O–H groups in total. The van der Waals surface area contributed by atoms with Crippen molar-refractivity contribution in [1.29, 1.82) is 0 Å². The number of aryl methyl sites for hydroxylation is 1. The molecule has 2 aromatic carbocycles. The summed E-state index contributed by atoms with van der Waals surface area (Å²) in [6.07, 6.45) is 1.46. The average Bonchev–Trinajstić information content (AvgIpc) is 3.04. The molecule has 0 radical (unpaired) electrons. The molecule has 4 nitrogen and oxygen atoms in total. The second-order valence-electron chi connectivity index (χ2n) is 7.36. The number of halogens is 2. The van der Waals surface area contributed by atoms with Crippen LogP contribution in [0.2, 0.25) is 0 Å². The van der Waals surface area contributed by atoms with Crippen molar-refractivity contribution < 1.29 is 13.6 Å². The van der Waals surface area contributed by atoms with Gasteiger partial charge in [0.25, 0.3) is 5.91 Å². The molecule has 142 valence electrons. The van der Waals surface area contributed by atoms with Crippen LogP contribution in [0.25, 0.3) is 0 Å². The molecule has 6 heteroatoms. The zero-order valence-electron chi connectivity index (χ0n) is 15.3. The quantitative estimate of drug-likeness (QED) is 0.901. The van der Waals surface area contributed by atoms with Crippen LogP contribution in [0.3, 0.4) is 0 Å². The van der Waals surface area contributed by atoms with Crippen molar-refractivity contribution in [2.75, 3.05) is 38.1 Å². The van der Waals surface area contributed by atoms with E-state index in [9.17, 15) is 13.6 Å². The summed E-state index contributed by atoms with van der Waals surface area (Å²) < 4.78 is 28.0. The number of hydrogen-bond acceptors (Lipinski definition) is 3. The standard InChI is InChI=1S/C21H23F2N3O/c1-25-8-10-26(11-9-25)20-7-3-15(13-18(20)23)21(27)24-19-6-2-14-12-16(22)4-5-17(14)19/h3-5,7,12-13,19H,2,6,8-11H2,1H3,(H,24,27). The number of likely N-dealkylation sites (N-methyl/N-ethyl adjacent to an activating group) is 1. The van der Waals surface area contributed by atoms with Crippen LogP contribution in [0.1, 0.15) is 33.9 Å². The number of carbonyl (C=O) groups is 1. The summed E-state index contributed by atoms with van der Waals surface area (Å²) in [6.45, 7) is 3.33. The Labute approximate surface area is 157 Å². The summed E-state index contributed by atoms with van der Waals surface area (Å²) >= 11 is 0. The molecule has 1 amide bonds. The van der Waals surface area contributed by atoms with Crippen LogP contribution in [0.4, 0.5) is 14.5 Å². The van der Waals surface area contributed by atoms with Crippen LogP contribution >= 0.6 is 0 Å². The van der Waals surface area contributed by atoms with E-state index in [4.69, 9.17) is 0 Å². The number of nitrogens with one attached hydrogen (secondary N) is 1. The van der Waals surface area contributed by atoms with Gasteiger partial charge in [0.1, 0.15) is 11.6 Å². The summed E-state index contributed by atoms with van der Waals surface area (Å²) in [5.41, 5.74) is 2.72. The zero-order chi connectivity index (χ0) is 19.0. The highest BCUT2D eigenvalue weighted by Gasteiger charge is 2.25. The van der Waals surface area contributed by atoms with Gasteiger partial charge in [-0.1, -0.05) is 6.07 Å². The van der Waals surface area contributed by atoms with E-state index < -0.39 is 0 Å². The van der Waals surface area contributed by atoms with E-state index >= 15 is 0 Å². The molecule has 0 saturated carbocycles. The molecule has 1 fully saturated rings. The molecule has 0 spiro atoms. The Kier molecular flexibility index (Phi) is 4.83. The Morgan fingerprint density at radius 2 is 1.85 bits per heavy atom. The van der Waals surface area contributed by atoms with E-state index in [1.54, 1.807) is 18.2 Å². The minimum absolute atomic E-state index is 0.159. The molecule has 2 aromatic rings. The maximum atomic E-state index is 14.6. The smallest absolute Gasteiger partial charge is 0.251 e. The number of fused-ring (bicyclic) bond motifs is 1. The lowest BCUT2D eigenvalue weighted by atomic mass is 10.1. The first-order valence-electron chi connectivity index (χ1n) is 9.33. The minimum atomic E-state index is -0.374. The highest BCUT2D eigenvalue weighted by molar-refractivity contribution is 5.95. The van der Waals surface area contributed by atoms with Crippen molar-refractivity contribution >= 4 is 11.6 Å². The fraction of sp³-hybridized carbons (Fsp3) is 0.381. The normalized spacial score (nSPS) is 19.8. The van der Waals surface area contributed by atoms with Gasteiger partial charge in [-0.3, -0.25) is 4.79 Å². The minimum Gasteiger partial charge on any atom is -0.367 e. The van der Waals surface area contributed by atoms with E-state index in [2.05, 4.69) is 17.3 Å². The Balaban J connectivity index is 1.46. The summed E-state index contributed by atoms with van der Waals surface area (Å²) in [7, 11) is 2.05. The molecule has 1 atom stereocenters. The van der Waals surface area contributed by atoms with Crippen molar-refractivity contribution in [2.45, 2.75) is 18.9 Å². The number of hydrogen-bond donors (Lipinski definition) is 1. The first-order chi connectivity index (χ1) is 13.0. The highest BCUT2D eigenvalue weighted by atomic mass is 19.1. The summed E-state index contributed by atoms with van der Waals surface area (Å²) in [6, 6.07) is 9.16. The van der Waals surface area contributed by atoms with Crippen molar-refractivity contribution in [3.63, 3.8) is 0 Å². The van der Waals surface area contributed by atoms with Gasteiger partial charge in [0.15, 0.2) is 0 Å². The summed E-state index contributed by atoms with van der Waals surface area (Å²) in [5, 5.41) is 2.95. The van der Waals surface area contributed by atoms with Gasteiger partial charge in [0, 0.05) is 31.7 Å². The van der Waals surface area contributed by atoms with Gasteiger partial charge >= 0.3 is 0 Å². The Bertz CT molecular complexity index is 863. The molecule has 1 aliphatic heterocycles. The van der Waals surface area contributed by atoms with Crippen LogP contribution in [-0.4, -0.2) is 44.0 Å². The molecule has 1 aliphatic carbocycles. The SMILES string of the molecule is CN1CCN(c2ccc(C(=O)NC3CCc4cc(F)ccc43)cc2F)CC1. The molecule has 0 bridgehead atoms. The Morgan fingerprint density at radius 1 is 1.07 bits per heavy atom. The molecule has 1 heterocycles. The molecule has 4 rings (SSSR count). The van der Waals surface area contributed by atoms with Crippen LogP contribution in [0, 0.1) is 11.6 Å². The zero-order valence-corrected chi connectivity index (χ0v) is 15.3. The lowest BCUT2D eigenvalue weighted by Crippen LogP contribution is -2.44. The number of anilines is 1. The highest BCUT2D eigenvalue weighted by Crippen LogP contribution is 2.32. The van der Waals surface area contributed by atoms with Crippen molar-refractivity contribution in [3.8, 4) is 0 Å². The summed E-state index contributed by atoms with van der Waals surface area (Å²) in [5.74, 6) is -0.940. The largest absolute Gasteiger partial charge is 0.367 e. The van der Waals surface area contributed by atoms with Crippen LogP contribution in [-0.2, 0) is 6.42 Å². The maximum Gasteiger partial charge on any atom is 0.251 e. The van der Waals surface area contributed by atoms with Gasteiger partial charge in [-0.15, -0.1) is 0 Å². The lowest BCUT2D eigenvalue weighted by Gasteiger charge is -2.34. The third-order valence-corrected chi connectivity index (χ3v) is 5.54. The number of carbonyl (C=O) groups excluding carboxylic acids is 1. The number of benzene rings is 2. The predicted molar refractivity (Wildman–Crippen MR) is 101 cm³/mol. The van der Waals surface area contributed by atoms with Crippen LogP contribution in [0.5, 0.6) is 0 Å². The lowest BCUT2D eigenvalue weighted by molar-refractivity contribution is 0.0936. The Hall–Kier alpha value is -2.47. The predicted octanol–water partition coefficient (Wildman–Crippen LogP) is 3.13. The van der Waals surface area contributed by atoms with E-state index in [0.717, 1.165) is 50.1 Å². The first kappa shape index (κ1) is 17.9. The molecule has 1 saturated heterocycles. The summed E-state index contributed by atoms with van der Waals surface area (Å²) in [4.78, 5) is 16.8. The number of amides is 1. The molecular weight excluding hydrogens is 348 g/mol. The van der Waals surface area contributed by atoms with E-state index in [0.29, 0.717) is 11.3 Å². The Morgan fingerprint density at radius 3 is 2.59 bits per heavy atom. The van der Waals surface area contributed by atoms with Crippen molar-refractivity contribution in [1.82, 2.24) is 10.2 Å². The van der Waals surface area contributed by atoms with Gasteiger partial charge in [-0.25, -0.2) is 8.78 Å². The molecule has 2 aliphatic rings. The van der Waals surface area contributed by atoms with E-state index in [1.165, 1.54) is 18.2 Å². The number of nitrogens with zero attached hydrogens (tertiary/aromatic N) is 2. The molecule has 1 unspecified atom stereocenters. The van der Waals surface area contributed by atoms with Gasteiger partial charge < -0.3 is 15.1 Å². The molecule has 27 heavy (non-hydrogen) atoms. The van der Waals surface area contributed by atoms with Crippen LogP contribution in [0.15, 0.2) is 36.4 Å².